The van der Waals surface area contributed by atoms with Crippen molar-refractivity contribution in [1.29, 1.82) is 0 Å². The number of sulfonamides is 1. The van der Waals surface area contributed by atoms with Gasteiger partial charge in [-0.1, -0.05) is 13.8 Å². The molecule has 0 saturated carbocycles. The molecule has 0 bridgehead atoms. The number of carbonyl (C=O) groups excluding carboxylic acids is 2. The monoisotopic (exact) mass is 497 g/mol. The Morgan fingerprint density at radius 2 is 1.54 bits per heavy atom. The molecule has 0 unspecified atom stereocenters. The van der Waals surface area contributed by atoms with Crippen molar-refractivity contribution in [3.8, 4) is 0 Å². The number of carbonyl (C=O) groups is 2. The number of aromatic nitrogens is 2. The second-order valence-corrected chi connectivity index (χ2v) is 11.2. The molecule has 2 atom stereocenters. The highest BCUT2D eigenvalue weighted by Gasteiger charge is 2.31. The minimum atomic E-state index is -3.63. The highest BCUT2D eigenvalue weighted by molar-refractivity contribution is 7.89. The summed E-state index contributed by atoms with van der Waals surface area (Å²) in [6.07, 6.45) is 1.01. The average molecular weight is 498 g/mol. The van der Waals surface area contributed by atoms with Gasteiger partial charge in [-0.2, -0.15) is 4.31 Å². The molecule has 10 heteroatoms. The number of benzene rings is 2. The van der Waals surface area contributed by atoms with Gasteiger partial charge in [-0.05, 0) is 74.6 Å². The molecule has 186 valence electrons. The number of hydrazine groups is 1. The van der Waals surface area contributed by atoms with Crippen LogP contribution in [0.25, 0.3) is 11.0 Å². The third-order valence-electron chi connectivity index (χ3n) is 6.40. The minimum absolute atomic E-state index is 0.148. The maximum absolute atomic E-state index is 13.0. The lowest BCUT2D eigenvalue weighted by atomic mass is 9.94. The van der Waals surface area contributed by atoms with E-state index in [4.69, 9.17) is 0 Å². The first-order valence-corrected chi connectivity index (χ1v) is 13.2. The van der Waals surface area contributed by atoms with Crippen molar-refractivity contribution in [2.24, 2.45) is 11.8 Å². The minimum Gasteiger partial charge on any atom is -0.329 e. The van der Waals surface area contributed by atoms with Gasteiger partial charge in [0.15, 0.2) is 0 Å². The molecule has 0 spiro atoms. The zero-order valence-electron chi connectivity index (χ0n) is 20.4. The lowest BCUT2D eigenvalue weighted by molar-refractivity contribution is 0.0846. The summed E-state index contributed by atoms with van der Waals surface area (Å²) in [6, 6.07) is 10.9. The Bertz CT molecular complexity index is 1350. The number of hydrogen-bond donors (Lipinski definition) is 2. The second-order valence-electron chi connectivity index (χ2n) is 9.31. The molecule has 4 rings (SSSR count). The second kappa shape index (κ2) is 9.79. The van der Waals surface area contributed by atoms with E-state index >= 15 is 0 Å². The lowest BCUT2D eigenvalue weighted by Crippen LogP contribution is -2.42. The number of hydrogen-bond acceptors (Lipinski definition) is 5. The Balaban J connectivity index is 1.40. The van der Waals surface area contributed by atoms with Crippen LogP contribution in [0.3, 0.4) is 0 Å². The van der Waals surface area contributed by atoms with Gasteiger partial charge < -0.3 is 4.57 Å². The predicted molar refractivity (Wildman–Crippen MR) is 133 cm³/mol. The van der Waals surface area contributed by atoms with Crippen LogP contribution in [-0.4, -0.2) is 47.2 Å². The van der Waals surface area contributed by atoms with E-state index in [1.54, 1.807) is 12.1 Å². The molecule has 2 aromatic carbocycles. The first-order valence-electron chi connectivity index (χ1n) is 11.8. The van der Waals surface area contributed by atoms with Crippen LogP contribution >= 0.6 is 0 Å². The molecule has 1 aliphatic heterocycles. The number of rotatable bonds is 5. The summed E-state index contributed by atoms with van der Waals surface area (Å²) in [4.78, 5) is 29.7. The van der Waals surface area contributed by atoms with E-state index in [-0.39, 0.29) is 10.5 Å². The van der Waals surface area contributed by atoms with Crippen LogP contribution in [-0.2, 0) is 16.6 Å². The summed E-state index contributed by atoms with van der Waals surface area (Å²) in [6.45, 7) is 9.80. The fourth-order valence-electron chi connectivity index (χ4n) is 4.78. The third kappa shape index (κ3) is 5.08. The van der Waals surface area contributed by atoms with Crippen LogP contribution in [0.1, 0.15) is 53.7 Å². The fourth-order valence-corrected chi connectivity index (χ4v) is 6.46. The summed E-state index contributed by atoms with van der Waals surface area (Å²) in [7, 11) is -3.63. The Hall–Kier alpha value is -3.24. The van der Waals surface area contributed by atoms with Crippen molar-refractivity contribution >= 4 is 32.9 Å². The zero-order chi connectivity index (χ0) is 25.3. The van der Waals surface area contributed by atoms with Crippen molar-refractivity contribution in [3.05, 3.63) is 59.4 Å². The lowest BCUT2D eigenvalue weighted by Gasteiger charge is -2.34. The molecule has 35 heavy (non-hydrogen) atoms. The zero-order valence-corrected chi connectivity index (χ0v) is 21.2. The number of fused-ring (bicyclic) bond motifs is 1. The first-order chi connectivity index (χ1) is 16.6. The van der Waals surface area contributed by atoms with E-state index in [2.05, 4.69) is 34.3 Å². The SMILES string of the molecule is CCn1c(C)nc2cc(C(=O)NNC(=O)c3ccc(S(=O)(=O)N4C[C@H](C)C[C@H](C)C4)cc3)ccc21. The van der Waals surface area contributed by atoms with E-state index in [1.165, 1.54) is 28.6 Å². The molecule has 2 heterocycles. The molecule has 1 fully saturated rings. The highest BCUT2D eigenvalue weighted by Crippen LogP contribution is 2.26. The highest BCUT2D eigenvalue weighted by atomic mass is 32.2. The molecular formula is C25H31N5O4S. The van der Waals surface area contributed by atoms with Gasteiger partial charge in [0.1, 0.15) is 5.82 Å². The van der Waals surface area contributed by atoms with Gasteiger partial charge in [-0.3, -0.25) is 20.4 Å². The summed E-state index contributed by atoms with van der Waals surface area (Å²) < 4.78 is 29.6. The van der Waals surface area contributed by atoms with Crippen molar-refractivity contribution in [2.45, 2.75) is 45.6 Å². The molecule has 2 N–H and O–H groups in total. The smallest absolute Gasteiger partial charge is 0.269 e. The molecule has 2 amide bonds. The predicted octanol–water partition coefficient (Wildman–Crippen LogP) is 3.11. The van der Waals surface area contributed by atoms with E-state index in [0.717, 1.165) is 24.3 Å². The van der Waals surface area contributed by atoms with Crippen LogP contribution in [0.2, 0.25) is 0 Å². The van der Waals surface area contributed by atoms with Crippen molar-refractivity contribution < 1.29 is 18.0 Å². The first kappa shape index (κ1) is 24.9. The summed E-state index contributed by atoms with van der Waals surface area (Å²) in [5.74, 6) is 0.442. The summed E-state index contributed by atoms with van der Waals surface area (Å²) >= 11 is 0. The van der Waals surface area contributed by atoms with Gasteiger partial charge in [0.05, 0.1) is 15.9 Å². The quantitative estimate of drug-likeness (QED) is 0.526. The maximum atomic E-state index is 13.0. The normalized spacial score (nSPS) is 19.0. The van der Waals surface area contributed by atoms with Crippen molar-refractivity contribution in [3.63, 3.8) is 0 Å². The standard InChI is InChI=1S/C25H31N5O4S/c1-5-30-18(4)26-22-13-20(8-11-23(22)30)25(32)28-27-24(31)19-6-9-21(10-7-19)35(33,34)29-14-16(2)12-17(3)15-29/h6-11,13,16-17H,5,12,14-15H2,1-4H3,(H,27,31)(H,28,32)/t16-,17+. The number of aryl methyl sites for hydroxylation is 2. The molecule has 1 saturated heterocycles. The van der Waals surface area contributed by atoms with Gasteiger partial charge in [-0.25, -0.2) is 13.4 Å². The summed E-state index contributed by atoms with van der Waals surface area (Å²) in [5.41, 5.74) is 7.03. The van der Waals surface area contributed by atoms with Crippen LogP contribution in [0.5, 0.6) is 0 Å². The number of imidazole rings is 1. The number of nitrogens with zero attached hydrogens (tertiary/aromatic N) is 3. The van der Waals surface area contributed by atoms with Gasteiger partial charge in [0.2, 0.25) is 10.0 Å². The molecule has 1 aliphatic rings. The molecule has 9 nitrogen and oxygen atoms in total. The summed E-state index contributed by atoms with van der Waals surface area (Å²) in [5, 5.41) is 0. The number of amides is 2. The van der Waals surface area contributed by atoms with Gasteiger partial charge >= 0.3 is 0 Å². The molecule has 1 aromatic heterocycles. The van der Waals surface area contributed by atoms with Crippen LogP contribution in [0.4, 0.5) is 0 Å². The van der Waals surface area contributed by atoms with Crippen LogP contribution in [0.15, 0.2) is 47.4 Å². The molecular weight excluding hydrogens is 466 g/mol. The number of nitrogens with one attached hydrogen (secondary N) is 2. The maximum Gasteiger partial charge on any atom is 0.269 e. The Morgan fingerprint density at radius 3 is 2.14 bits per heavy atom. The largest absolute Gasteiger partial charge is 0.329 e. The molecule has 0 radical (unpaired) electrons. The van der Waals surface area contributed by atoms with Crippen molar-refractivity contribution in [1.82, 2.24) is 24.7 Å². The molecule has 0 aliphatic carbocycles. The Kier molecular flexibility index (Phi) is 6.95. The van der Waals surface area contributed by atoms with E-state index in [0.29, 0.717) is 36.0 Å². The molecule has 3 aromatic rings. The van der Waals surface area contributed by atoms with Crippen LogP contribution in [0, 0.1) is 18.8 Å². The van der Waals surface area contributed by atoms with E-state index in [9.17, 15) is 18.0 Å². The fraction of sp³-hybridized carbons (Fsp3) is 0.400. The average Bonchev–Trinajstić information content (AvgIpc) is 3.15. The van der Waals surface area contributed by atoms with E-state index in [1.807, 2.05) is 19.9 Å². The van der Waals surface area contributed by atoms with Crippen LogP contribution < -0.4 is 10.9 Å². The van der Waals surface area contributed by atoms with E-state index < -0.39 is 21.8 Å². The topological polar surface area (TPSA) is 113 Å². The van der Waals surface area contributed by atoms with Gasteiger partial charge in [0, 0.05) is 30.8 Å². The van der Waals surface area contributed by atoms with Gasteiger partial charge in [-0.15, -0.1) is 0 Å². The number of piperidine rings is 1. The Labute approximate surface area is 205 Å². The third-order valence-corrected chi connectivity index (χ3v) is 8.24. The van der Waals surface area contributed by atoms with Crippen molar-refractivity contribution in [2.75, 3.05) is 13.1 Å². The Morgan fingerprint density at radius 1 is 0.971 bits per heavy atom. The van der Waals surface area contributed by atoms with Gasteiger partial charge in [0.25, 0.3) is 11.8 Å².